The first-order chi connectivity index (χ1) is 11.5. The molecule has 1 aromatic carbocycles. The van der Waals surface area contributed by atoms with Gasteiger partial charge in [0.15, 0.2) is 9.84 Å². The van der Waals surface area contributed by atoms with E-state index in [9.17, 15) is 18.0 Å². The number of hydrogen-bond donors (Lipinski definition) is 0. The average molecular weight is 367 g/mol. The van der Waals surface area contributed by atoms with Gasteiger partial charge in [-0.1, -0.05) is 17.7 Å². The zero-order valence-electron chi connectivity index (χ0n) is 15.1. The van der Waals surface area contributed by atoms with Crippen LogP contribution in [-0.4, -0.2) is 49.1 Å². The van der Waals surface area contributed by atoms with Crippen molar-refractivity contribution < 1.29 is 22.7 Å². The van der Waals surface area contributed by atoms with Crippen LogP contribution in [0.4, 0.5) is 4.79 Å². The van der Waals surface area contributed by atoms with E-state index in [0.29, 0.717) is 19.1 Å². The van der Waals surface area contributed by atoms with E-state index in [1.807, 2.05) is 6.92 Å². The first-order valence-corrected chi connectivity index (χ1v) is 9.95. The van der Waals surface area contributed by atoms with Crippen molar-refractivity contribution in [1.29, 1.82) is 0 Å². The van der Waals surface area contributed by atoms with Gasteiger partial charge in [-0.05, 0) is 52.7 Å². The van der Waals surface area contributed by atoms with Crippen molar-refractivity contribution in [2.24, 2.45) is 0 Å². The maximum Gasteiger partial charge on any atom is 0.411 e. The van der Waals surface area contributed by atoms with Gasteiger partial charge in [0.05, 0.1) is 22.7 Å². The van der Waals surface area contributed by atoms with E-state index >= 15 is 0 Å². The number of amides is 1. The Morgan fingerprint density at radius 1 is 1.24 bits per heavy atom. The Bertz CT molecular complexity index is 734. The molecule has 1 aliphatic rings. The maximum atomic E-state index is 12.7. The highest BCUT2D eigenvalue weighted by Gasteiger charge is 2.41. The average Bonchev–Trinajstić information content (AvgIpc) is 2.88. The molecule has 0 unspecified atom stereocenters. The molecule has 1 amide bonds. The highest BCUT2D eigenvalue weighted by molar-refractivity contribution is 7.91. The Labute approximate surface area is 149 Å². The molecule has 2 rings (SSSR count). The molecule has 0 N–H and O–H groups in total. The molecule has 0 saturated carbocycles. The summed E-state index contributed by atoms with van der Waals surface area (Å²) in [4.78, 5) is 25.3. The molecule has 0 aliphatic carbocycles. The van der Waals surface area contributed by atoms with Crippen LogP contribution in [0.2, 0.25) is 0 Å². The zero-order valence-corrected chi connectivity index (χ0v) is 15.9. The molecule has 1 heterocycles. The fourth-order valence-electron chi connectivity index (χ4n) is 2.90. The number of hydrogen-bond acceptors (Lipinski definition) is 5. The molecule has 1 aliphatic heterocycles. The molecule has 1 fully saturated rings. The number of carbonyl (C=O) groups excluding carboxylic acids is 2. The lowest BCUT2D eigenvalue weighted by Crippen LogP contribution is -2.47. The lowest BCUT2D eigenvalue weighted by molar-refractivity contribution is -0.112. The van der Waals surface area contributed by atoms with Crippen molar-refractivity contribution in [3.8, 4) is 0 Å². The van der Waals surface area contributed by atoms with Crippen LogP contribution in [0.5, 0.6) is 0 Å². The Balaban J connectivity index is 2.22. The fourth-order valence-corrected chi connectivity index (χ4v) is 4.48. The van der Waals surface area contributed by atoms with Gasteiger partial charge in [0.1, 0.15) is 11.9 Å². The van der Waals surface area contributed by atoms with Gasteiger partial charge in [-0.25, -0.2) is 13.2 Å². The zero-order chi connectivity index (χ0) is 18.8. The standard InChI is InChI=1S/C18H25NO5S/c1-13-5-9-16(10-6-13)25(22,23)12-15-8-7-14(11-20)19(15)17(21)24-18(2,3)4/h5-6,9-11,14-15H,7-8,12H2,1-4H3/t14-,15+/m1/s1. The quantitative estimate of drug-likeness (QED) is 0.765. The molecule has 7 heteroatoms. The van der Waals surface area contributed by atoms with Gasteiger partial charge >= 0.3 is 6.09 Å². The van der Waals surface area contributed by atoms with E-state index in [1.54, 1.807) is 45.0 Å². The van der Waals surface area contributed by atoms with E-state index in [2.05, 4.69) is 0 Å². The van der Waals surface area contributed by atoms with Gasteiger partial charge in [0, 0.05) is 0 Å². The van der Waals surface area contributed by atoms with E-state index < -0.39 is 33.6 Å². The van der Waals surface area contributed by atoms with E-state index in [4.69, 9.17) is 4.74 Å². The van der Waals surface area contributed by atoms with Gasteiger partial charge in [-0.2, -0.15) is 0 Å². The fraction of sp³-hybridized carbons (Fsp3) is 0.556. The number of rotatable bonds is 4. The highest BCUT2D eigenvalue weighted by atomic mass is 32.2. The summed E-state index contributed by atoms with van der Waals surface area (Å²) in [7, 11) is -3.57. The predicted molar refractivity (Wildman–Crippen MR) is 94.2 cm³/mol. The van der Waals surface area contributed by atoms with Crippen molar-refractivity contribution in [1.82, 2.24) is 4.90 Å². The predicted octanol–water partition coefficient (Wildman–Crippen LogP) is 2.74. The Morgan fingerprint density at radius 3 is 2.36 bits per heavy atom. The summed E-state index contributed by atoms with van der Waals surface area (Å²) in [6.45, 7) is 7.07. The number of aldehydes is 1. The minimum atomic E-state index is -3.57. The molecule has 1 aromatic rings. The second kappa shape index (κ2) is 7.15. The molecular formula is C18H25NO5S. The third kappa shape index (κ3) is 4.81. The smallest absolute Gasteiger partial charge is 0.411 e. The summed E-state index contributed by atoms with van der Waals surface area (Å²) in [5, 5.41) is 0. The first kappa shape index (κ1) is 19.4. The third-order valence-corrected chi connectivity index (χ3v) is 5.91. The van der Waals surface area contributed by atoms with Crippen LogP contribution >= 0.6 is 0 Å². The number of nitrogens with zero attached hydrogens (tertiary/aromatic N) is 1. The van der Waals surface area contributed by atoms with Crippen LogP contribution in [0.25, 0.3) is 0 Å². The van der Waals surface area contributed by atoms with E-state index in [0.717, 1.165) is 5.56 Å². The van der Waals surface area contributed by atoms with Crippen molar-refractivity contribution in [2.75, 3.05) is 5.75 Å². The van der Waals surface area contributed by atoms with Gasteiger partial charge in [-0.15, -0.1) is 0 Å². The van der Waals surface area contributed by atoms with Crippen molar-refractivity contribution in [3.05, 3.63) is 29.8 Å². The maximum absolute atomic E-state index is 12.7. The first-order valence-electron chi connectivity index (χ1n) is 8.29. The number of sulfone groups is 1. The second-order valence-electron chi connectivity index (χ2n) is 7.42. The van der Waals surface area contributed by atoms with Gasteiger partial charge in [-0.3, -0.25) is 4.90 Å². The monoisotopic (exact) mass is 367 g/mol. The summed E-state index contributed by atoms with van der Waals surface area (Å²) in [6, 6.07) is 5.39. The van der Waals surface area contributed by atoms with Gasteiger partial charge in [0.25, 0.3) is 0 Å². The third-order valence-electron chi connectivity index (χ3n) is 4.10. The van der Waals surface area contributed by atoms with Crippen LogP contribution in [0.15, 0.2) is 29.2 Å². The van der Waals surface area contributed by atoms with Gasteiger partial charge < -0.3 is 9.53 Å². The largest absolute Gasteiger partial charge is 0.444 e. The molecule has 0 spiro atoms. The second-order valence-corrected chi connectivity index (χ2v) is 9.45. The molecule has 1 saturated heterocycles. The number of carbonyl (C=O) groups is 2. The topological polar surface area (TPSA) is 80.8 Å². The van der Waals surface area contributed by atoms with Crippen molar-refractivity contribution in [3.63, 3.8) is 0 Å². The summed E-state index contributed by atoms with van der Waals surface area (Å²) in [5.74, 6) is -0.223. The van der Waals surface area contributed by atoms with Crippen molar-refractivity contribution in [2.45, 2.75) is 63.1 Å². The normalized spacial score (nSPS) is 21.2. The van der Waals surface area contributed by atoms with E-state index in [-0.39, 0.29) is 10.6 Å². The van der Waals surface area contributed by atoms with Gasteiger partial charge in [0.2, 0.25) is 0 Å². The molecule has 0 aromatic heterocycles. The number of aryl methyl sites for hydroxylation is 1. The van der Waals surface area contributed by atoms with E-state index in [1.165, 1.54) is 4.90 Å². The summed E-state index contributed by atoms with van der Waals surface area (Å²) in [6.07, 6.45) is 0.929. The Hall–Kier alpha value is -1.89. The Kier molecular flexibility index (Phi) is 5.56. The SMILES string of the molecule is Cc1ccc(S(=O)(=O)C[C@@H]2CC[C@H](C=O)N2C(=O)OC(C)(C)C)cc1. The van der Waals surface area contributed by atoms with Crippen LogP contribution in [0, 0.1) is 6.92 Å². The summed E-state index contributed by atoms with van der Waals surface area (Å²) in [5.41, 5.74) is 0.254. The summed E-state index contributed by atoms with van der Waals surface area (Å²) < 4.78 is 30.7. The summed E-state index contributed by atoms with van der Waals surface area (Å²) >= 11 is 0. The lowest BCUT2D eigenvalue weighted by atomic mass is 10.2. The number of ether oxygens (including phenoxy) is 1. The molecule has 0 radical (unpaired) electrons. The number of benzene rings is 1. The molecular weight excluding hydrogens is 342 g/mol. The van der Waals surface area contributed by atoms with Crippen LogP contribution in [-0.2, 0) is 19.4 Å². The van der Waals surface area contributed by atoms with Crippen LogP contribution in [0.3, 0.4) is 0 Å². The van der Waals surface area contributed by atoms with Crippen molar-refractivity contribution >= 4 is 22.2 Å². The molecule has 6 nitrogen and oxygen atoms in total. The Morgan fingerprint density at radius 2 is 1.84 bits per heavy atom. The highest BCUT2D eigenvalue weighted by Crippen LogP contribution is 2.28. The molecule has 2 atom stereocenters. The van der Waals surface area contributed by atoms with Crippen LogP contribution in [0.1, 0.15) is 39.2 Å². The number of likely N-dealkylation sites (tertiary alicyclic amines) is 1. The minimum Gasteiger partial charge on any atom is -0.444 e. The molecule has 138 valence electrons. The molecule has 0 bridgehead atoms. The molecule has 25 heavy (non-hydrogen) atoms. The lowest BCUT2D eigenvalue weighted by Gasteiger charge is -2.30. The van der Waals surface area contributed by atoms with Crippen LogP contribution < -0.4 is 0 Å². The minimum absolute atomic E-state index is 0.219.